The molecule has 0 radical (unpaired) electrons. The van der Waals surface area contributed by atoms with Crippen LogP contribution >= 0.6 is 11.3 Å². The fourth-order valence-corrected chi connectivity index (χ4v) is 3.75. The number of hydrogen-bond acceptors (Lipinski definition) is 5. The van der Waals surface area contributed by atoms with Gasteiger partial charge in [-0.25, -0.2) is 4.98 Å². The highest BCUT2D eigenvalue weighted by Gasteiger charge is 2.31. The number of fused-ring (bicyclic) bond motifs is 1. The van der Waals surface area contributed by atoms with Crippen molar-refractivity contribution in [2.45, 2.75) is 32.4 Å². The largest absolute Gasteiger partial charge is 0.369 e. The van der Waals surface area contributed by atoms with Crippen molar-refractivity contribution < 1.29 is 4.79 Å². The van der Waals surface area contributed by atoms with E-state index in [0.717, 1.165) is 35.9 Å². The van der Waals surface area contributed by atoms with E-state index < -0.39 is 0 Å². The smallest absolute Gasteiger partial charge is 0.222 e. The van der Waals surface area contributed by atoms with Crippen LogP contribution in [0.25, 0.3) is 4.96 Å². The number of aromatic nitrogens is 2. The molecule has 1 saturated heterocycles. The standard InChI is InChI=1S/C14H21N5OS/c1-9-3-4-10(12(15)20)8-19(9)13-11(7-16-2)18-5-6-21-14(18)17-13/h5-6,9-10,16H,3-4,7-8H2,1-2H3,(H2,15,20). The predicted molar refractivity (Wildman–Crippen MR) is 84.6 cm³/mol. The summed E-state index contributed by atoms with van der Waals surface area (Å²) >= 11 is 1.63. The van der Waals surface area contributed by atoms with Gasteiger partial charge in [0.15, 0.2) is 10.8 Å². The topological polar surface area (TPSA) is 75.7 Å². The molecule has 0 spiro atoms. The first-order valence-corrected chi connectivity index (χ1v) is 8.14. The summed E-state index contributed by atoms with van der Waals surface area (Å²) in [5, 5.41) is 5.24. The van der Waals surface area contributed by atoms with Crippen molar-refractivity contribution in [3.05, 3.63) is 17.3 Å². The van der Waals surface area contributed by atoms with Crippen LogP contribution < -0.4 is 16.0 Å². The highest BCUT2D eigenvalue weighted by atomic mass is 32.1. The van der Waals surface area contributed by atoms with Gasteiger partial charge in [-0.05, 0) is 26.8 Å². The number of carbonyl (C=O) groups excluding carboxylic acids is 1. The fraction of sp³-hybridized carbons (Fsp3) is 0.571. The van der Waals surface area contributed by atoms with Crippen LogP contribution in [0.15, 0.2) is 11.6 Å². The quantitative estimate of drug-likeness (QED) is 0.890. The SMILES string of the molecule is CNCc1c(N2CC(C(N)=O)CCC2C)nc2sccn12. The Morgan fingerprint density at radius 2 is 2.38 bits per heavy atom. The maximum absolute atomic E-state index is 11.5. The summed E-state index contributed by atoms with van der Waals surface area (Å²) in [6.07, 6.45) is 3.89. The summed E-state index contributed by atoms with van der Waals surface area (Å²) in [5.74, 6) is 0.695. The van der Waals surface area contributed by atoms with Crippen LogP contribution in [0.5, 0.6) is 0 Å². The molecule has 0 aliphatic carbocycles. The van der Waals surface area contributed by atoms with E-state index in [4.69, 9.17) is 10.7 Å². The first-order valence-electron chi connectivity index (χ1n) is 7.26. The molecule has 1 amide bonds. The maximum Gasteiger partial charge on any atom is 0.222 e. The number of piperidine rings is 1. The number of primary amides is 1. The van der Waals surface area contributed by atoms with E-state index in [1.54, 1.807) is 11.3 Å². The second-order valence-corrected chi connectivity index (χ2v) is 6.52. The van der Waals surface area contributed by atoms with E-state index in [1.807, 2.05) is 18.6 Å². The van der Waals surface area contributed by atoms with Gasteiger partial charge in [0.2, 0.25) is 5.91 Å². The molecule has 2 aromatic rings. The number of rotatable bonds is 4. The van der Waals surface area contributed by atoms with Crippen molar-refractivity contribution >= 4 is 28.0 Å². The molecular weight excluding hydrogens is 286 g/mol. The van der Waals surface area contributed by atoms with Crippen molar-refractivity contribution in [2.75, 3.05) is 18.5 Å². The van der Waals surface area contributed by atoms with Gasteiger partial charge in [-0.3, -0.25) is 9.20 Å². The average molecular weight is 307 g/mol. The zero-order chi connectivity index (χ0) is 15.0. The Kier molecular flexibility index (Phi) is 3.86. The zero-order valence-electron chi connectivity index (χ0n) is 12.4. The molecule has 1 fully saturated rings. The summed E-state index contributed by atoms with van der Waals surface area (Å²) in [4.78, 5) is 19.5. The van der Waals surface area contributed by atoms with Gasteiger partial charge in [0.05, 0.1) is 11.6 Å². The molecule has 2 aromatic heterocycles. The van der Waals surface area contributed by atoms with E-state index in [2.05, 4.69) is 21.5 Å². The summed E-state index contributed by atoms with van der Waals surface area (Å²) in [6, 6.07) is 0.376. The monoisotopic (exact) mass is 307 g/mol. The molecule has 7 heteroatoms. The highest BCUT2D eigenvalue weighted by Crippen LogP contribution is 2.31. The highest BCUT2D eigenvalue weighted by molar-refractivity contribution is 7.15. The normalized spacial score (nSPS) is 22.9. The molecule has 0 saturated carbocycles. The lowest BCUT2D eigenvalue weighted by Crippen LogP contribution is -2.46. The zero-order valence-corrected chi connectivity index (χ0v) is 13.2. The van der Waals surface area contributed by atoms with E-state index in [1.165, 1.54) is 0 Å². The molecular formula is C14H21N5OS. The Morgan fingerprint density at radius 3 is 3.10 bits per heavy atom. The molecule has 3 heterocycles. The lowest BCUT2D eigenvalue weighted by Gasteiger charge is -2.37. The molecule has 1 aliphatic rings. The van der Waals surface area contributed by atoms with Gasteiger partial charge in [-0.15, -0.1) is 11.3 Å². The van der Waals surface area contributed by atoms with E-state index in [0.29, 0.717) is 12.6 Å². The van der Waals surface area contributed by atoms with Crippen molar-refractivity contribution in [3.8, 4) is 0 Å². The van der Waals surface area contributed by atoms with Crippen LogP contribution in [0, 0.1) is 5.92 Å². The predicted octanol–water partition coefficient (Wildman–Crippen LogP) is 1.21. The minimum atomic E-state index is -0.205. The van der Waals surface area contributed by atoms with E-state index in [-0.39, 0.29) is 11.8 Å². The van der Waals surface area contributed by atoms with Gasteiger partial charge in [0, 0.05) is 30.7 Å². The number of nitrogens with two attached hydrogens (primary N) is 1. The molecule has 1 aliphatic heterocycles. The Morgan fingerprint density at radius 1 is 1.57 bits per heavy atom. The van der Waals surface area contributed by atoms with Gasteiger partial charge in [-0.2, -0.15) is 0 Å². The maximum atomic E-state index is 11.5. The lowest BCUT2D eigenvalue weighted by molar-refractivity contribution is -0.122. The van der Waals surface area contributed by atoms with Crippen LogP contribution in [0.3, 0.4) is 0 Å². The first kappa shape index (κ1) is 14.3. The summed E-state index contributed by atoms with van der Waals surface area (Å²) in [7, 11) is 1.93. The molecule has 21 heavy (non-hydrogen) atoms. The van der Waals surface area contributed by atoms with Crippen LogP contribution in [-0.2, 0) is 11.3 Å². The first-order chi connectivity index (χ1) is 10.1. The molecule has 6 nitrogen and oxygen atoms in total. The fourth-order valence-electron chi connectivity index (χ4n) is 3.02. The third-order valence-corrected chi connectivity index (χ3v) is 5.00. The summed E-state index contributed by atoms with van der Waals surface area (Å²) < 4.78 is 2.12. The molecule has 114 valence electrons. The van der Waals surface area contributed by atoms with Crippen molar-refractivity contribution in [2.24, 2.45) is 11.7 Å². The number of thiazole rings is 1. The number of carbonyl (C=O) groups is 1. The Hall–Kier alpha value is -1.60. The number of hydrogen-bond donors (Lipinski definition) is 2. The molecule has 3 N–H and O–H groups in total. The second kappa shape index (κ2) is 5.65. The number of nitrogens with one attached hydrogen (secondary N) is 1. The van der Waals surface area contributed by atoms with Gasteiger partial charge in [0.1, 0.15) is 0 Å². The van der Waals surface area contributed by atoms with Crippen molar-refractivity contribution in [3.63, 3.8) is 0 Å². The van der Waals surface area contributed by atoms with E-state index >= 15 is 0 Å². The van der Waals surface area contributed by atoms with Crippen LogP contribution in [0.4, 0.5) is 5.82 Å². The summed E-state index contributed by atoms with van der Waals surface area (Å²) in [6.45, 7) is 3.60. The third kappa shape index (κ3) is 2.51. The number of nitrogens with zero attached hydrogens (tertiary/aromatic N) is 3. The minimum Gasteiger partial charge on any atom is -0.369 e. The molecule has 3 rings (SSSR count). The van der Waals surface area contributed by atoms with Crippen LogP contribution in [0.1, 0.15) is 25.5 Å². The molecule has 0 aromatic carbocycles. The Labute approximate surface area is 127 Å². The molecule has 2 atom stereocenters. The van der Waals surface area contributed by atoms with E-state index in [9.17, 15) is 4.79 Å². The lowest BCUT2D eigenvalue weighted by atomic mass is 9.93. The summed E-state index contributed by atoms with van der Waals surface area (Å²) in [5.41, 5.74) is 6.65. The van der Waals surface area contributed by atoms with Crippen LogP contribution in [-0.4, -0.2) is 34.9 Å². The van der Waals surface area contributed by atoms with Crippen LogP contribution in [0.2, 0.25) is 0 Å². The van der Waals surface area contributed by atoms with Gasteiger partial charge in [0.25, 0.3) is 0 Å². The van der Waals surface area contributed by atoms with Gasteiger partial charge >= 0.3 is 0 Å². The Bertz CT molecular complexity index is 649. The number of anilines is 1. The van der Waals surface area contributed by atoms with Crippen molar-refractivity contribution in [1.29, 1.82) is 0 Å². The van der Waals surface area contributed by atoms with Gasteiger partial charge in [-0.1, -0.05) is 0 Å². The average Bonchev–Trinajstić information content (AvgIpc) is 3.02. The second-order valence-electron chi connectivity index (χ2n) is 5.65. The number of imidazole rings is 1. The van der Waals surface area contributed by atoms with Crippen molar-refractivity contribution in [1.82, 2.24) is 14.7 Å². The Balaban J connectivity index is 1.99. The number of amides is 1. The molecule has 0 bridgehead atoms. The third-order valence-electron chi connectivity index (χ3n) is 4.24. The minimum absolute atomic E-state index is 0.0802. The van der Waals surface area contributed by atoms with Gasteiger partial charge < -0.3 is 16.0 Å². The molecule has 2 unspecified atom stereocenters.